The Morgan fingerprint density at radius 2 is 1.91 bits per heavy atom. The van der Waals surface area contributed by atoms with Gasteiger partial charge in [-0.15, -0.1) is 0 Å². The predicted octanol–water partition coefficient (Wildman–Crippen LogP) is 3.61. The summed E-state index contributed by atoms with van der Waals surface area (Å²) in [5.41, 5.74) is 1.32. The molecule has 3 nitrogen and oxygen atoms in total. The molecule has 1 aromatic carbocycles. The Labute approximate surface area is 144 Å². The third-order valence-corrected chi connectivity index (χ3v) is 5.66. The molecule has 1 atom stereocenters. The molecule has 23 heavy (non-hydrogen) atoms. The minimum absolute atomic E-state index is 0.304. The molecule has 0 spiro atoms. The van der Waals surface area contributed by atoms with Gasteiger partial charge in [0.1, 0.15) is 0 Å². The fourth-order valence-corrected chi connectivity index (χ4v) is 4.09. The van der Waals surface area contributed by atoms with Gasteiger partial charge in [0.2, 0.25) is 5.91 Å². The van der Waals surface area contributed by atoms with Crippen LogP contribution in [0, 0.1) is 5.92 Å². The molecule has 1 saturated heterocycles. The fraction of sp³-hybridized carbons (Fsp3) is 0.632. The van der Waals surface area contributed by atoms with Gasteiger partial charge < -0.3 is 4.90 Å². The molecule has 1 heterocycles. The first-order valence-corrected chi connectivity index (χ1v) is 9.22. The van der Waals surface area contributed by atoms with Crippen molar-refractivity contribution < 1.29 is 4.79 Å². The molecule has 1 aliphatic heterocycles. The lowest BCUT2D eigenvalue weighted by molar-refractivity contribution is -0.131. The quantitative estimate of drug-likeness (QED) is 0.821. The number of hydrogen-bond acceptors (Lipinski definition) is 2. The number of halogens is 1. The lowest BCUT2D eigenvalue weighted by Gasteiger charge is -2.26. The van der Waals surface area contributed by atoms with Crippen molar-refractivity contribution in [3.05, 3.63) is 34.9 Å². The molecular formula is C19H27ClN2O. The molecule has 1 unspecified atom stereocenters. The van der Waals surface area contributed by atoms with Crippen LogP contribution < -0.4 is 0 Å². The van der Waals surface area contributed by atoms with E-state index in [2.05, 4.69) is 29.0 Å². The van der Waals surface area contributed by atoms with E-state index in [1.165, 1.54) is 31.2 Å². The summed E-state index contributed by atoms with van der Waals surface area (Å²) in [4.78, 5) is 16.8. The van der Waals surface area contributed by atoms with Gasteiger partial charge >= 0.3 is 0 Å². The second kappa shape index (κ2) is 7.67. The maximum absolute atomic E-state index is 12.5. The van der Waals surface area contributed by atoms with E-state index < -0.39 is 0 Å². The Morgan fingerprint density at radius 3 is 2.61 bits per heavy atom. The van der Waals surface area contributed by atoms with Gasteiger partial charge in [-0.25, -0.2) is 0 Å². The van der Waals surface area contributed by atoms with Crippen LogP contribution in [0.2, 0.25) is 5.02 Å². The highest BCUT2D eigenvalue weighted by molar-refractivity contribution is 6.30. The highest BCUT2D eigenvalue weighted by Crippen LogP contribution is 2.24. The maximum Gasteiger partial charge on any atom is 0.236 e. The number of carbonyl (C=O) groups excluding carboxylic acids is 1. The van der Waals surface area contributed by atoms with E-state index in [0.29, 0.717) is 24.4 Å². The largest absolute Gasteiger partial charge is 0.341 e. The summed E-state index contributed by atoms with van der Waals surface area (Å²) in [6.45, 7) is 2.40. The van der Waals surface area contributed by atoms with Crippen molar-refractivity contribution in [1.82, 2.24) is 9.80 Å². The Balaban J connectivity index is 1.46. The second-order valence-electron chi connectivity index (χ2n) is 7.18. The van der Waals surface area contributed by atoms with Gasteiger partial charge in [-0.1, -0.05) is 36.6 Å². The van der Waals surface area contributed by atoms with Gasteiger partial charge in [0.25, 0.3) is 0 Å². The van der Waals surface area contributed by atoms with E-state index in [4.69, 9.17) is 11.6 Å². The molecule has 2 aliphatic rings. The number of nitrogens with zero attached hydrogens (tertiary/aromatic N) is 2. The van der Waals surface area contributed by atoms with Gasteiger partial charge in [0.05, 0.1) is 6.54 Å². The standard InChI is InChI=1S/C19H27ClN2O/c1-21(18-4-2-3-5-18)14-19(23)22-11-10-16(13-22)12-15-6-8-17(20)9-7-15/h6-9,16,18H,2-5,10-14H2,1H3. The van der Waals surface area contributed by atoms with Crippen molar-refractivity contribution in [2.75, 3.05) is 26.7 Å². The van der Waals surface area contributed by atoms with Crippen molar-refractivity contribution in [1.29, 1.82) is 0 Å². The number of amides is 1. The van der Waals surface area contributed by atoms with Gasteiger partial charge in [-0.3, -0.25) is 9.69 Å². The summed E-state index contributed by atoms with van der Waals surface area (Å²) in [6.07, 6.45) is 7.29. The molecule has 0 N–H and O–H groups in total. The minimum Gasteiger partial charge on any atom is -0.341 e. The number of carbonyl (C=O) groups is 1. The number of likely N-dealkylation sites (N-methyl/N-ethyl adjacent to an activating group) is 1. The molecule has 0 radical (unpaired) electrons. The fourth-order valence-electron chi connectivity index (χ4n) is 3.97. The maximum atomic E-state index is 12.5. The van der Waals surface area contributed by atoms with Crippen LogP contribution in [-0.4, -0.2) is 48.4 Å². The van der Waals surface area contributed by atoms with Crippen molar-refractivity contribution in [3.8, 4) is 0 Å². The third kappa shape index (κ3) is 4.48. The first kappa shape index (κ1) is 16.8. The SMILES string of the molecule is CN(CC(=O)N1CCC(Cc2ccc(Cl)cc2)C1)C1CCCC1. The molecule has 1 aliphatic carbocycles. The van der Waals surface area contributed by atoms with Crippen LogP contribution in [0.15, 0.2) is 24.3 Å². The summed E-state index contributed by atoms with van der Waals surface area (Å²) in [7, 11) is 2.11. The Morgan fingerprint density at radius 1 is 1.22 bits per heavy atom. The zero-order chi connectivity index (χ0) is 16.2. The Kier molecular flexibility index (Phi) is 5.60. The molecular weight excluding hydrogens is 308 g/mol. The van der Waals surface area contributed by atoms with Crippen molar-refractivity contribution in [2.24, 2.45) is 5.92 Å². The van der Waals surface area contributed by atoms with Crippen molar-refractivity contribution in [2.45, 2.75) is 44.6 Å². The lowest BCUT2D eigenvalue weighted by atomic mass is 9.99. The van der Waals surface area contributed by atoms with E-state index in [9.17, 15) is 4.79 Å². The molecule has 0 bridgehead atoms. The van der Waals surface area contributed by atoms with Crippen LogP contribution >= 0.6 is 11.6 Å². The smallest absolute Gasteiger partial charge is 0.236 e. The third-order valence-electron chi connectivity index (χ3n) is 5.41. The zero-order valence-electron chi connectivity index (χ0n) is 14.0. The average Bonchev–Trinajstić information content (AvgIpc) is 3.21. The van der Waals surface area contributed by atoms with Crippen LogP contribution in [-0.2, 0) is 11.2 Å². The van der Waals surface area contributed by atoms with E-state index in [-0.39, 0.29) is 0 Å². The topological polar surface area (TPSA) is 23.6 Å². The lowest BCUT2D eigenvalue weighted by Crippen LogP contribution is -2.41. The monoisotopic (exact) mass is 334 g/mol. The molecule has 126 valence electrons. The molecule has 1 saturated carbocycles. The Bertz CT molecular complexity index is 525. The normalized spacial score (nSPS) is 22.2. The summed E-state index contributed by atoms with van der Waals surface area (Å²) in [5.74, 6) is 0.884. The summed E-state index contributed by atoms with van der Waals surface area (Å²) in [5, 5.41) is 0.784. The predicted molar refractivity (Wildman–Crippen MR) is 94.7 cm³/mol. The van der Waals surface area contributed by atoms with Gasteiger partial charge in [-0.2, -0.15) is 0 Å². The number of hydrogen-bond donors (Lipinski definition) is 0. The number of rotatable bonds is 5. The van der Waals surface area contributed by atoms with Gasteiger partial charge in [0, 0.05) is 24.2 Å². The number of likely N-dealkylation sites (tertiary alicyclic amines) is 1. The van der Waals surface area contributed by atoms with Crippen LogP contribution in [0.1, 0.15) is 37.7 Å². The second-order valence-corrected chi connectivity index (χ2v) is 7.61. The van der Waals surface area contributed by atoms with E-state index >= 15 is 0 Å². The van der Waals surface area contributed by atoms with E-state index in [1.54, 1.807) is 0 Å². The van der Waals surface area contributed by atoms with Gasteiger partial charge in [0.15, 0.2) is 0 Å². The van der Waals surface area contributed by atoms with Gasteiger partial charge in [-0.05, 0) is 56.3 Å². The average molecular weight is 335 g/mol. The molecule has 1 amide bonds. The van der Waals surface area contributed by atoms with E-state index in [1.807, 2.05) is 12.1 Å². The molecule has 4 heteroatoms. The zero-order valence-corrected chi connectivity index (χ0v) is 14.8. The molecule has 2 fully saturated rings. The minimum atomic E-state index is 0.304. The molecule has 0 aromatic heterocycles. The first-order chi connectivity index (χ1) is 11.1. The molecule has 3 rings (SSSR count). The van der Waals surface area contributed by atoms with E-state index in [0.717, 1.165) is 31.0 Å². The van der Waals surface area contributed by atoms with Crippen molar-refractivity contribution in [3.63, 3.8) is 0 Å². The summed E-state index contributed by atoms with van der Waals surface area (Å²) < 4.78 is 0. The van der Waals surface area contributed by atoms with Crippen LogP contribution in [0.5, 0.6) is 0 Å². The van der Waals surface area contributed by atoms with Crippen LogP contribution in [0.25, 0.3) is 0 Å². The van der Waals surface area contributed by atoms with Crippen molar-refractivity contribution >= 4 is 17.5 Å². The number of benzene rings is 1. The Hall–Kier alpha value is -1.06. The van der Waals surface area contributed by atoms with Crippen LogP contribution in [0.3, 0.4) is 0 Å². The summed E-state index contributed by atoms with van der Waals surface area (Å²) in [6, 6.07) is 8.71. The highest BCUT2D eigenvalue weighted by Gasteiger charge is 2.28. The first-order valence-electron chi connectivity index (χ1n) is 8.84. The highest BCUT2D eigenvalue weighted by atomic mass is 35.5. The summed E-state index contributed by atoms with van der Waals surface area (Å²) >= 11 is 5.94. The molecule has 1 aromatic rings. The van der Waals surface area contributed by atoms with Crippen LogP contribution in [0.4, 0.5) is 0 Å².